The van der Waals surface area contributed by atoms with Crippen LogP contribution in [0, 0.1) is 5.92 Å². The summed E-state index contributed by atoms with van der Waals surface area (Å²) in [6.45, 7) is 4.16. The molecule has 0 unspecified atom stereocenters. The molecule has 1 aliphatic rings. The molecule has 15 heavy (non-hydrogen) atoms. The van der Waals surface area contributed by atoms with Gasteiger partial charge in [0.05, 0.1) is 5.82 Å². The Kier molecular flexibility index (Phi) is 5.22. The van der Waals surface area contributed by atoms with Crippen LogP contribution in [-0.2, 0) is 4.79 Å². The van der Waals surface area contributed by atoms with Gasteiger partial charge in [0.15, 0.2) is 0 Å². The number of aldehydes is 1. The molecular formula is C12H22N2O. The third-order valence-corrected chi connectivity index (χ3v) is 3.05. The fraction of sp³-hybridized carbons (Fsp3) is 0.750. The van der Waals surface area contributed by atoms with E-state index in [0.717, 1.165) is 50.9 Å². The molecule has 0 bridgehead atoms. The molecule has 1 rings (SSSR count). The first-order chi connectivity index (χ1) is 7.27. The Morgan fingerprint density at radius 2 is 2.13 bits per heavy atom. The van der Waals surface area contributed by atoms with Gasteiger partial charge in [-0.15, -0.1) is 0 Å². The second-order valence-electron chi connectivity index (χ2n) is 4.25. The first kappa shape index (κ1) is 12.1. The fourth-order valence-electron chi connectivity index (χ4n) is 1.98. The normalized spacial score (nSPS) is 19.3. The van der Waals surface area contributed by atoms with Gasteiger partial charge in [0.1, 0.15) is 6.29 Å². The monoisotopic (exact) mass is 210 g/mol. The topological polar surface area (TPSA) is 46.3 Å². The largest absolute Gasteiger partial charge is 0.386 e. The van der Waals surface area contributed by atoms with Crippen molar-refractivity contribution < 1.29 is 4.79 Å². The molecular weight excluding hydrogens is 188 g/mol. The van der Waals surface area contributed by atoms with E-state index >= 15 is 0 Å². The van der Waals surface area contributed by atoms with Gasteiger partial charge >= 0.3 is 0 Å². The number of nitrogens with zero attached hydrogens (tertiary/aromatic N) is 1. The molecule has 0 radical (unpaired) electrons. The van der Waals surface area contributed by atoms with Crippen LogP contribution in [0.2, 0.25) is 0 Å². The smallest absolute Gasteiger partial charge is 0.120 e. The number of hydrogen-bond acceptors (Lipinski definition) is 3. The Morgan fingerprint density at radius 3 is 2.67 bits per heavy atom. The summed E-state index contributed by atoms with van der Waals surface area (Å²) in [4.78, 5) is 12.6. The molecule has 3 nitrogen and oxygen atoms in total. The zero-order chi connectivity index (χ0) is 11.1. The number of rotatable bonds is 5. The van der Waals surface area contributed by atoms with Gasteiger partial charge in [0.2, 0.25) is 0 Å². The highest BCUT2D eigenvalue weighted by Gasteiger charge is 2.18. The zero-order valence-electron chi connectivity index (χ0n) is 9.61. The van der Waals surface area contributed by atoms with Crippen molar-refractivity contribution in [3.05, 3.63) is 11.9 Å². The van der Waals surface area contributed by atoms with E-state index in [2.05, 4.69) is 17.9 Å². The van der Waals surface area contributed by atoms with Gasteiger partial charge in [-0.25, -0.2) is 0 Å². The summed E-state index contributed by atoms with van der Waals surface area (Å²) in [6, 6.07) is 0. The molecule has 0 amide bonds. The van der Waals surface area contributed by atoms with Gasteiger partial charge in [0, 0.05) is 19.5 Å². The average molecular weight is 210 g/mol. The molecule has 1 aliphatic heterocycles. The molecule has 0 spiro atoms. The number of likely N-dealkylation sites (tertiary alicyclic amines) is 1. The highest BCUT2D eigenvalue weighted by atomic mass is 16.1. The maximum absolute atomic E-state index is 10.4. The summed E-state index contributed by atoms with van der Waals surface area (Å²) in [5.74, 6) is 1.50. The Bertz CT molecular complexity index is 218. The second-order valence-corrected chi connectivity index (χ2v) is 4.25. The van der Waals surface area contributed by atoms with Gasteiger partial charge in [-0.2, -0.15) is 0 Å². The van der Waals surface area contributed by atoms with Gasteiger partial charge in [-0.3, -0.25) is 0 Å². The lowest BCUT2D eigenvalue weighted by Crippen LogP contribution is -2.36. The van der Waals surface area contributed by atoms with E-state index in [-0.39, 0.29) is 0 Å². The van der Waals surface area contributed by atoms with E-state index in [9.17, 15) is 4.79 Å². The lowest BCUT2D eigenvalue weighted by molar-refractivity contribution is -0.108. The highest BCUT2D eigenvalue weighted by Crippen LogP contribution is 2.20. The first-order valence-corrected chi connectivity index (χ1v) is 5.92. The van der Waals surface area contributed by atoms with Crippen molar-refractivity contribution in [2.24, 2.45) is 11.7 Å². The van der Waals surface area contributed by atoms with E-state index in [4.69, 9.17) is 5.73 Å². The van der Waals surface area contributed by atoms with Gasteiger partial charge in [-0.1, -0.05) is 13.3 Å². The molecule has 1 saturated heterocycles. The van der Waals surface area contributed by atoms with Crippen LogP contribution < -0.4 is 5.73 Å². The summed E-state index contributed by atoms with van der Waals surface area (Å²) in [7, 11) is 0. The van der Waals surface area contributed by atoms with E-state index in [1.807, 2.05) is 0 Å². The quantitative estimate of drug-likeness (QED) is 0.705. The molecule has 0 aromatic heterocycles. The summed E-state index contributed by atoms with van der Waals surface area (Å²) >= 11 is 0. The van der Waals surface area contributed by atoms with Crippen molar-refractivity contribution >= 4 is 6.29 Å². The number of nitrogens with two attached hydrogens (primary N) is 1. The van der Waals surface area contributed by atoms with Gasteiger partial charge in [0.25, 0.3) is 0 Å². The third kappa shape index (κ3) is 3.94. The average Bonchev–Trinajstić information content (AvgIpc) is 2.27. The molecule has 0 saturated carbocycles. The molecule has 0 aliphatic carbocycles. The predicted molar refractivity (Wildman–Crippen MR) is 62.2 cm³/mol. The number of unbranched alkanes of at least 4 members (excludes halogenated alkanes) is 1. The van der Waals surface area contributed by atoms with Crippen molar-refractivity contribution in [1.82, 2.24) is 4.90 Å². The Balaban J connectivity index is 2.33. The predicted octanol–water partition coefficient (Wildman–Crippen LogP) is 1.89. The molecule has 1 heterocycles. The van der Waals surface area contributed by atoms with E-state index < -0.39 is 0 Å². The SMILES string of the molecule is CCC/C=C(/N)N1CCC(CC=O)CC1. The Morgan fingerprint density at radius 1 is 1.47 bits per heavy atom. The van der Waals surface area contributed by atoms with Crippen LogP contribution in [0.25, 0.3) is 0 Å². The standard InChI is InChI=1S/C12H22N2O/c1-2-3-4-12(13)14-8-5-11(6-9-14)7-10-15/h4,10-11H,2-3,5-9,13H2,1H3/b12-4-. The van der Waals surface area contributed by atoms with Crippen molar-refractivity contribution in [3.8, 4) is 0 Å². The Labute approximate surface area is 92.3 Å². The lowest BCUT2D eigenvalue weighted by Gasteiger charge is -2.33. The summed E-state index contributed by atoms with van der Waals surface area (Å²) in [5.41, 5.74) is 5.97. The Hall–Kier alpha value is -0.990. The van der Waals surface area contributed by atoms with Crippen LogP contribution in [0.1, 0.15) is 39.0 Å². The first-order valence-electron chi connectivity index (χ1n) is 5.92. The minimum Gasteiger partial charge on any atom is -0.386 e. The van der Waals surface area contributed by atoms with Crippen LogP contribution >= 0.6 is 0 Å². The lowest BCUT2D eigenvalue weighted by atomic mass is 9.94. The van der Waals surface area contributed by atoms with Crippen molar-refractivity contribution in [2.45, 2.75) is 39.0 Å². The molecule has 0 aromatic rings. The fourth-order valence-corrected chi connectivity index (χ4v) is 1.98. The van der Waals surface area contributed by atoms with Crippen molar-refractivity contribution in [3.63, 3.8) is 0 Å². The molecule has 2 N–H and O–H groups in total. The third-order valence-electron chi connectivity index (χ3n) is 3.05. The van der Waals surface area contributed by atoms with Crippen LogP contribution in [0.15, 0.2) is 11.9 Å². The molecule has 3 heteroatoms. The number of piperidine rings is 1. The van der Waals surface area contributed by atoms with Crippen LogP contribution in [-0.4, -0.2) is 24.3 Å². The van der Waals surface area contributed by atoms with Crippen molar-refractivity contribution in [2.75, 3.05) is 13.1 Å². The van der Waals surface area contributed by atoms with Gasteiger partial charge in [-0.05, 0) is 31.3 Å². The van der Waals surface area contributed by atoms with E-state index in [0.29, 0.717) is 12.3 Å². The molecule has 0 atom stereocenters. The highest BCUT2D eigenvalue weighted by molar-refractivity contribution is 5.49. The van der Waals surface area contributed by atoms with E-state index in [1.54, 1.807) is 0 Å². The minimum atomic E-state index is 0.581. The van der Waals surface area contributed by atoms with Gasteiger partial charge < -0.3 is 15.4 Å². The van der Waals surface area contributed by atoms with Crippen LogP contribution in [0.3, 0.4) is 0 Å². The maximum Gasteiger partial charge on any atom is 0.120 e. The summed E-state index contributed by atoms with van der Waals surface area (Å²) < 4.78 is 0. The van der Waals surface area contributed by atoms with E-state index in [1.165, 1.54) is 0 Å². The van der Waals surface area contributed by atoms with Crippen LogP contribution in [0.4, 0.5) is 0 Å². The van der Waals surface area contributed by atoms with Crippen molar-refractivity contribution in [1.29, 1.82) is 0 Å². The number of allylic oxidation sites excluding steroid dienone is 1. The van der Waals surface area contributed by atoms with Crippen LogP contribution in [0.5, 0.6) is 0 Å². The number of carbonyl (C=O) groups is 1. The second kappa shape index (κ2) is 6.49. The molecule has 1 fully saturated rings. The number of carbonyl (C=O) groups excluding carboxylic acids is 1. The maximum atomic E-state index is 10.4. The summed E-state index contributed by atoms with van der Waals surface area (Å²) in [5, 5.41) is 0. The molecule has 0 aromatic carbocycles. The minimum absolute atomic E-state index is 0.581. The number of hydrogen-bond donors (Lipinski definition) is 1. The zero-order valence-corrected chi connectivity index (χ0v) is 9.61. The molecule has 86 valence electrons. The summed E-state index contributed by atoms with van der Waals surface area (Å²) in [6.07, 6.45) is 8.25.